The Morgan fingerprint density at radius 2 is 2.21 bits per heavy atom. The molecule has 4 heteroatoms. The molecule has 0 saturated carbocycles. The van der Waals surface area contributed by atoms with Gasteiger partial charge in [0.05, 0.1) is 6.61 Å². The first kappa shape index (κ1) is 10.1. The van der Waals surface area contributed by atoms with Gasteiger partial charge in [-0.05, 0) is 22.6 Å². The van der Waals surface area contributed by atoms with Crippen LogP contribution in [0.25, 0.3) is 10.1 Å². The summed E-state index contributed by atoms with van der Waals surface area (Å²) in [6.07, 6.45) is 0. The van der Waals surface area contributed by atoms with Crippen molar-refractivity contribution in [1.29, 1.82) is 0 Å². The first-order valence-electron chi connectivity index (χ1n) is 4.13. The zero-order chi connectivity index (χ0) is 10.1. The summed E-state index contributed by atoms with van der Waals surface area (Å²) in [7, 11) is 0. The minimum atomic E-state index is -0.183. The quantitative estimate of drug-likeness (QED) is 0.832. The minimum absolute atomic E-state index is 0.00358. The summed E-state index contributed by atoms with van der Waals surface area (Å²) in [6, 6.07) is 5.20. The average Bonchev–Trinajstić information content (AvgIpc) is 2.56. The Morgan fingerprint density at radius 3 is 2.86 bits per heavy atom. The van der Waals surface area contributed by atoms with E-state index in [1.807, 2.05) is 12.1 Å². The Balaban J connectivity index is 2.75. The minimum Gasteiger partial charge on any atom is -0.392 e. The molecule has 0 unspecified atom stereocenters. The second kappa shape index (κ2) is 3.96. The van der Waals surface area contributed by atoms with Crippen molar-refractivity contribution < 1.29 is 9.50 Å². The van der Waals surface area contributed by atoms with Crippen molar-refractivity contribution in [2.45, 2.75) is 11.9 Å². The molecule has 0 aliphatic heterocycles. The van der Waals surface area contributed by atoms with E-state index in [4.69, 9.17) is 5.11 Å². The molecular weight excluding hydrogens is 267 g/mol. The van der Waals surface area contributed by atoms with E-state index in [1.54, 1.807) is 0 Å². The van der Waals surface area contributed by atoms with Gasteiger partial charge in [-0.1, -0.05) is 28.1 Å². The van der Waals surface area contributed by atoms with Crippen molar-refractivity contribution in [2.75, 3.05) is 0 Å². The molecule has 0 amide bonds. The van der Waals surface area contributed by atoms with E-state index < -0.39 is 0 Å². The lowest BCUT2D eigenvalue weighted by molar-refractivity contribution is 0.281. The maximum absolute atomic E-state index is 13.0. The van der Waals surface area contributed by atoms with E-state index in [0.717, 1.165) is 32.5 Å². The highest BCUT2D eigenvalue weighted by atomic mass is 79.9. The van der Waals surface area contributed by atoms with Gasteiger partial charge in [0.2, 0.25) is 0 Å². The fourth-order valence-corrected chi connectivity index (χ4v) is 3.24. The van der Waals surface area contributed by atoms with Crippen LogP contribution in [0, 0.1) is 5.13 Å². The van der Waals surface area contributed by atoms with Crippen LogP contribution in [0.3, 0.4) is 0 Å². The molecule has 0 atom stereocenters. The number of halogens is 2. The lowest BCUT2D eigenvalue weighted by Gasteiger charge is -2.04. The number of hydrogen-bond donors (Lipinski definition) is 1. The molecule has 0 aliphatic carbocycles. The molecule has 0 aliphatic rings. The molecule has 2 rings (SSSR count). The van der Waals surface area contributed by atoms with Crippen LogP contribution in [0.15, 0.2) is 18.2 Å². The van der Waals surface area contributed by atoms with Gasteiger partial charge in [-0.25, -0.2) is 0 Å². The molecule has 0 radical (unpaired) electrons. The molecule has 0 bridgehead atoms. The topological polar surface area (TPSA) is 20.2 Å². The molecule has 1 aromatic heterocycles. The monoisotopic (exact) mass is 274 g/mol. The SMILES string of the molecule is OCc1ccc2cc(F)sc2c1CBr. The first-order valence-corrected chi connectivity index (χ1v) is 6.06. The normalized spacial score (nSPS) is 11.1. The summed E-state index contributed by atoms with van der Waals surface area (Å²) < 4.78 is 13.9. The molecule has 1 aromatic carbocycles. The Bertz CT molecular complexity index is 466. The number of thiophene rings is 1. The van der Waals surface area contributed by atoms with Crippen molar-refractivity contribution in [3.05, 3.63) is 34.5 Å². The largest absolute Gasteiger partial charge is 0.392 e. The van der Waals surface area contributed by atoms with Crippen molar-refractivity contribution in [3.63, 3.8) is 0 Å². The standard InChI is InChI=1S/C10H8BrFOS/c11-4-8-7(5-13)2-1-6-3-9(12)14-10(6)8/h1-3,13H,4-5H2. The third-order valence-corrected chi connectivity index (χ3v) is 3.72. The number of fused-ring (bicyclic) bond motifs is 1. The van der Waals surface area contributed by atoms with Gasteiger partial charge in [0.25, 0.3) is 0 Å². The molecule has 1 heterocycles. The summed E-state index contributed by atoms with van der Waals surface area (Å²) in [6.45, 7) is -0.00358. The van der Waals surface area contributed by atoms with Crippen LogP contribution in [-0.4, -0.2) is 5.11 Å². The fourth-order valence-electron chi connectivity index (χ4n) is 1.46. The summed E-state index contributed by atoms with van der Waals surface area (Å²) in [5, 5.41) is 10.5. The van der Waals surface area contributed by atoms with Gasteiger partial charge < -0.3 is 5.11 Å². The van der Waals surface area contributed by atoms with Crippen LogP contribution in [0.2, 0.25) is 0 Å². The van der Waals surface area contributed by atoms with Crippen LogP contribution in [0.4, 0.5) is 4.39 Å². The van der Waals surface area contributed by atoms with Crippen LogP contribution in [-0.2, 0) is 11.9 Å². The predicted octanol–water partition coefficient (Wildman–Crippen LogP) is 3.43. The van der Waals surface area contributed by atoms with Crippen molar-refractivity contribution in [3.8, 4) is 0 Å². The van der Waals surface area contributed by atoms with Crippen LogP contribution >= 0.6 is 27.3 Å². The molecule has 1 N–H and O–H groups in total. The Morgan fingerprint density at radius 1 is 1.43 bits per heavy atom. The zero-order valence-corrected chi connectivity index (χ0v) is 9.66. The van der Waals surface area contributed by atoms with E-state index >= 15 is 0 Å². The Labute approximate surface area is 93.3 Å². The number of benzene rings is 1. The Kier molecular flexibility index (Phi) is 2.85. The molecule has 2 aromatic rings. The van der Waals surface area contributed by atoms with E-state index in [1.165, 1.54) is 6.07 Å². The van der Waals surface area contributed by atoms with E-state index in [9.17, 15) is 4.39 Å². The third-order valence-electron chi connectivity index (χ3n) is 2.16. The third kappa shape index (κ3) is 1.58. The summed E-state index contributed by atoms with van der Waals surface area (Å²) >= 11 is 4.48. The van der Waals surface area contributed by atoms with E-state index in [2.05, 4.69) is 15.9 Å². The maximum atomic E-state index is 13.0. The van der Waals surface area contributed by atoms with Crippen molar-refractivity contribution in [1.82, 2.24) is 0 Å². The molecule has 14 heavy (non-hydrogen) atoms. The highest BCUT2D eigenvalue weighted by Gasteiger charge is 2.09. The lowest BCUT2D eigenvalue weighted by Crippen LogP contribution is -1.90. The van der Waals surface area contributed by atoms with Gasteiger partial charge in [-0.3, -0.25) is 0 Å². The number of aliphatic hydroxyl groups excluding tert-OH is 1. The fraction of sp³-hybridized carbons (Fsp3) is 0.200. The highest BCUT2D eigenvalue weighted by molar-refractivity contribution is 9.08. The van der Waals surface area contributed by atoms with Crippen LogP contribution in [0.1, 0.15) is 11.1 Å². The zero-order valence-electron chi connectivity index (χ0n) is 7.26. The first-order chi connectivity index (χ1) is 6.76. The van der Waals surface area contributed by atoms with Crippen molar-refractivity contribution >= 4 is 37.4 Å². The van der Waals surface area contributed by atoms with Gasteiger partial charge in [0.1, 0.15) is 0 Å². The lowest BCUT2D eigenvalue weighted by atomic mass is 10.1. The molecule has 1 nitrogen and oxygen atoms in total. The van der Waals surface area contributed by atoms with Gasteiger partial charge in [0, 0.05) is 10.0 Å². The second-order valence-electron chi connectivity index (χ2n) is 2.96. The number of alkyl halides is 1. The van der Waals surface area contributed by atoms with Gasteiger partial charge >= 0.3 is 0 Å². The van der Waals surface area contributed by atoms with Crippen LogP contribution in [0.5, 0.6) is 0 Å². The predicted molar refractivity (Wildman–Crippen MR) is 60.3 cm³/mol. The summed E-state index contributed by atoms with van der Waals surface area (Å²) in [5.74, 6) is 0. The number of rotatable bonds is 2. The summed E-state index contributed by atoms with van der Waals surface area (Å²) in [4.78, 5) is 0. The number of hydrogen-bond acceptors (Lipinski definition) is 2. The average molecular weight is 275 g/mol. The van der Waals surface area contributed by atoms with Crippen LogP contribution < -0.4 is 0 Å². The Hall–Kier alpha value is -0.450. The summed E-state index contributed by atoms with van der Waals surface area (Å²) in [5.41, 5.74) is 1.84. The van der Waals surface area contributed by atoms with Gasteiger partial charge in [0.15, 0.2) is 5.13 Å². The van der Waals surface area contributed by atoms with Crippen molar-refractivity contribution in [2.24, 2.45) is 0 Å². The van der Waals surface area contributed by atoms with Gasteiger partial charge in [-0.15, -0.1) is 11.3 Å². The molecule has 74 valence electrons. The van der Waals surface area contributed by atoms with E-state index in [0.29, 0.717) is 5.33 Å². The van der Waals surface area contributed by atoms with E-state index in [-0.39, 0.29) is 11.7 Å². The molecule has 0 saturated heterocycles. The molecular formula is C10H8BrFOS. The van der Waals surface area contributed by atoms with Gasteiger partial charge in [-0.2, -0.15) is 4.39 Å². The highest BCUT2D eigenvalue weighted by Crippen LogP contribution is 2.31. The molecule has 0 spiro atoms. The number of aliphatic hydroxyl groups is 1. The molecule has 0 fully saturated rings. The maximum Gasteiger partial charge on any atom is 0.177 e. The smallest absolute Gasteiger partial charge is 0.177 e. The second-order valence-corrected chi connectivity index (χ2v) is 4.53.